The normalized spacial score (nSPS) is 22.4. The van der Waals surface area contributed by atoms with E-state index in [0.29, 0.717) is 5.00 Å². The highest BCUT2D eigenvalue weighted by Gasteiger charge is 2.70. The average Bonchev–Trinajstić information content (AvgIpc) is 3.17. The third-order valence-corrected chi connectivity index (χ3v) is 9.56. The van der Waals surface area contributed by atoms with Gasteiger partial charge in [0.1, 0.15) is 22.8 Å². The number of sulfonamides is 1. The second kappa shape index (κ2) is 8.25. The number of carboxylic acids is 1. The Hall–Kier alpha value is -2.71. The van der Waals surface area contributed by atoms with Crippen LogP contribution in [0.15, 0.2) is 59.1 Å². The van der Waals surface area contributed by atoms with Gasteiger partial charge in [0.25, 0.3) is 10.0 Å². The molecule has 4 rings (SSSR count). The van der Waals surface area contributed by atoms with Crippen molar-refractivity contribution in [1.29, 1.82) is 0 Å². The Kier molecular flexibility index (Phi) is 5.86. The van der Waals surface area contributed by atoms with Gasteiger partial charge in [-0.25, -0.2) is 13.1 Å². The molecule has 1 unspecified atom stereocenters. The number of carbonyl (C=O) groups is 1. The van der Waals surface area contributed by atoms with E-state index in [2.05, 4.69) is 40.9 Å². The SMILES string of the molecule is C[C@H]1C(c2ccccc2)[C@]1(NS(=O)(=O)c1ccc(-n2cc(C#C[Si](C)(C)C)cn2)s1)C(=O)O. The Morgan fingerprint density at radius 3 is 2.55 bits per heavy atom. The van der Waals surface area contributed by atoms with Crippen LogP contribution < -0.4 is 4.72 Å². The minimum atomic E-state index is -4.06. The summed E-state index contributed by atoms with van der Waals surface area (Å²) in [6.45, 7) is 8.21. The first-order chi connectivity index (χ1) is 15.4. The Balaban J connectivity index is 1.59. The Bertz CT molecular complexity index is 1360. The van der Waals surface area contributed by atoms with Crippen LogP contribution in [-0.2, 0) is 14.8 Å². The third-order valence-electron chi connectivity index (χ3n) is 5.64. The molecule has 10 heteroatoms. The number of nitrogens with zero attached hydrogens (tertiary/aromatic N) is 2. The van der Waals surface area contributed by atoms with E-state index in [9.17, 15) is 18.3 Å². The van der Waals surface area contributed by atoms with Gasteiger partial charge in [0.15, 0.2) is 0 Å². The van der Waals surface area contributed by atoms with Crippen LogP contribution in [0.25, 0.3) is 5.00 Å². The molecule has 3 atom stereocenters. The zero-order chi connectivity index (χ0) is 24.0. The van der Waals surface area contributed by atoms with E-state index >= 15 is 0 Å². The van der Waals surface area contributed by atoms with Crippen LogP contribution in [0.2, 0.25) is 19.6 Å². The molecule has 0 radical (unpaired) electrons. The highest BCUT2D eigenvalue weighted by molar-refractivity contribution is 7.91. The first-order valence-corrected chi connectivity index (χ1v) is 16.2. The van der Waals surface area contributed by atoms with Gasteiger partial charge < -0.3 is 5.11 Å². The fraction of sp³-hybridized carbons (Fsp3) is 0.304. The fourth-order valence-electron chi connectivity index (χ4n) is 3.92. The second-order valence-corrected chi connectivity index (χ2v) is 16.9. The van der Waals surface area contributed by atoms with E-state index in [1.165, 1.54) is 6.07 Å². The molecule has 172 valence electrons. The summed E-state index contributed by atoms with van der Waals surface area (Å²) < 4.78 is 30.4. The van der Waals surface area contributed by atoms with Gasteiger partial charge in [0.05, 0.1) is 11.8 Å². The van der Waals surface area contributed by atoms with Gasteiger partial charge in [0, 0.05) is 12.1 Å². The molecule has 33 heavy (non-hydrogen) atoms. The molecule has 1 fully saturated rings. The minimum absolute atomic E-state index is 0.0364. The number of hydrogen-bond donors (Lipinski definition) is 2. The predicted octanol–water partition coefficient (Wildman–Crippen LogP) is 3.70. The molecule has 2 aromatic heterocycles. The molecule has 0 saturated heterocycles. The Morgan fingerprint density at radius 1 is 1.21 bits per heavy atom. The van der Waals surface area contributed by atoms with Crippen molar-refractivity contribution in [1.82, 2.24) is 14.5 Å². The summed E-state index contributed by atoms with van der Waals surface area (Å²) in [5, 5.41) is 14.9. The summed E-state index contributed by atoms with van der Waals surface area (Å²) in [6.07, 6.45) is 3.41. The summed E-state index contributed by atoms with van der Waals surface area (Å²) in [7, 11) is -5.58. The van der Waals surface area contributed by atoms with Crippen molar-refractivity contribution in [3.8, 4) is 16.5 Å². The lowest BCUT2D eigenvalue weighted by atomic mass is 10.1. The summed E-state index contributed by atoms with van der Waals surface area (Å²) in [4.78, 5) is 12.2. The first kappa shape index (κ1) is 23.4. The first-order valence-electron chi connectivity index (χ1n) is 10.4. The van der Waals surface area contributed by atoms with E-state index in [1.807, 2.05) is 30.3 Å². The van der Waals surface area contributed by atoms with E-state index in [-0.39, 0.29) is 10.1 Å². The van der Waals surface area contributed by atoms with Crippen LogP contribution in [0.1, 0.15) is 24.0 Å². The largest absolute Gasteiger partial charge is 0.480 e. The van der Waals surface area contributed by atoms with Gasteiger partial charge in [0.2, 0.25) is 0 Å². The molecule has 0 spiro atoms. The summed E-state index contributed by atoms with van der Waals surface area (Å²) in [5.74, 6) is 1.12. The Morgan fingerprint density at radius 2 is 1.91 bits per heavy atom. The van der Waals surface area contributed by atoms with Crippen LogP contribution >= 0.6 is 11.3 Å². The number of thiophene rings is 1. The second-order valence-electron chi connectivity index (χ2n) is 9.22. The standard InChI is InChI=1S/C23H25N3O4S2Si/c1-16-21(18-8-6-5-7-9-18)23(16,22(27)28)25-32(29,30)20-11-10-19(31-20)26-15-17(14-24-26)12-13-33(2,3)4/h5-11,14-16,21,25H,1-4H3,(H,27,28)/t16-,21?,23-/m0/s1. The maximum atomic E-state index is 13.2. The minimum Gasteiger partial charge on any atom is -0.480 e. The molecular formula is C23H25N3O4S2Si. The van der Waals surface area contributed by atoms with E-state index in [0.717, 1.165) is 22.5 Å². The molecule has 7 nitrogen and oxygen atoms in total. The van der Waals surface area contributed by atoms with Crippen LogP contribution in [0.5, 0.6) is 0 Å². The number of aromatic nitrogens is 2. The lowest BCUT2D eigenvalue weighted by Gasteiger charge is -2.15. The topological polar surface area (TPSA) is 101 Å². The molecular weight excluding hydrogens is 474 g/mol. The van der Waals surface area contributed by atoms with E-state index in [4.69, 9.17) is 0 Å². The van der Waals surface area contributed by atoms with Gasteiger partial charge in [-0.2, -0.15) is 9.82 Å². The van der Waals surface area contributed by atoms with Crippen LogP contribution in [0.3, 0.4) is 0 Å². The summed E-state index contributed by atoms with van der Waals surface area (Å²) >= 11 is 1.03. The highest BCUT2D eigenvalue weighted by Crippen LogP contribution is 2.58. The molecule has 1 aromatic carbocycles. The molecule has 3 aromatic rings. The molecule has 2 heterocycles. The third kappa shape index (κ3) is 4.54. The van der Waals surface area contributed by atoms with Gasteiger partial charge in [-0.1, -0.05) is 62.8 Å². The Labute approximate surface area is 198 Å². The average molecular weight is 500 g/mol. The molecule has 2 N–H and O–H groups in total. The van der Waals surface area contributed by atoms with Gasteiger partial charge >= 0.3 is 5.97 Å². The highest BCUT2D eigenvalue weighted by atomic mass is 32.2. The molecule has 1 aliphatic carbocycles. The van der Waals surface area contributed by atoms with Crippen molar-refractivity contribution in [2.75, 3.05) is 0 Å². The fourth-order valence-corrected chi connectivity index (χ4v) is 7.12. The van der Waals surface area contributed by atoms with Gasteiger partial charge in [-0.15, -0.1) is 16.9 Å². The number of hydrogen-bond acceptors (Lipinski definition) is 5. The van der Waals surface area contributed by atoms with Crippen LogP contribution in [-0.4, -0.2) is 42.9 Å². The van der Waals surface area contributed by atoms with Crippen LogP contribution in [0.4, 0.5) is 0 Å². The van der Waals surface area contributed by atoms with E-state index < -0.39 is 35.5 Å². The number of benzene rings is 1. The van der Waals surface area contributed by atoms with Crippen molar-refractivity contribution in [3.63, 3.8) is 0 Å². The zero-order valence-electron chi connectivity index (χ0n) is 18.7. The zero-order valence-corrected chi connectivity index (χ0v) is 21.4. The lowest BCUT2D eigenvalue weighted by Crippen LogP contribution is -2.45. The van der Waals surface area contributed by atoms with Crippen molar-refractivity contribution < 1.29 is 18.3 Å². The number of nitrogens with one attached hydrogen (secondary N) is 1. The molecule has 0 bridgehead atoms. The van der Waals surface area contributed by atoms with Crippen molar-refractivity contribution in [2.45, 2.75) is 42.2 Å². The molecule has 0 aliphatic heterocycles. The lowest BCUT2D eigenvalue weighted by molar-refractivity contribution is -0.140. The van der Waals surface area contributed by atoms with Crippen LogP contribution in [0, 0.1) is 17.4 Å². The van der Waals surface area contributed by atoms with Gasteiger partial charge in [-0.05, 0) is 23.6 Å². The number of carboxylic acid groups (broad SMARTS) is 1. The summed E-state index contributed by atoms with van der Waals surface area (Å²) in [6, 6.07) is 12.2. The summed E-state index contributed by atoms with van der Waals surface area (Å²) in [5.41, 5.74) is 3.26. The van der Waals surface area contributed by atoms with Crippen molar-refractivity contribution >= 4 is 35.4 Å². The maximum absolute atomic E-state index is 13.2. The van der Waals surface area contributed by atoms with E-state index in [1.54, 1.807) is 30.1 Å². The van der Waals surface area contributed by atoms with Crippen molar-refractivity contribution in [2.24, 2.45) is 5.92 Å². The molecule has 1 saturated carbocycles. The monoisotopic (exact) mass is 499 g/mol. The predicted molar refractivity (Wildman–Crippen MR) is 131 cm³/mol. The molecule has 1 aliphatic rings. The van der Waals surface area contributed by atoms with Crippen molar-refractivity contribution in [3.05, 3.63) is 66.0 Å². The van der Waals surface area contributed by atoms with Gasteiger partial charge in [-0.3, -0.25) is 4.79 Å². The smallest absolute Gasteiger partial charge is 0.325 e. The molecule has 0 amide bonds. The number of rotatable bonds is 6. The quantitative estimate of drug-likeness (QED) is 0.398. The number of aliphatic carboxylic acids is 1. The maximum Gasteiger partial charge on any atom is 0.325 e.